The zero-order chi connectivity index (χ0) is 16.4. The van der Waals surface area contributed by atoms with Gasteiger partial charge in [-0.2, -0.15) is 0 Å². The molecule has 2 aliphatic heterocycles. The predicted octanol–water partition coefficient (Wildman–Crippen LogP) is 2.23. The standard InChI is InChI=1S/C18H19NO4S/c20-18(15-7-4-8-24-15)19-13-10-22-17-14(11-23-16(13)17)21-9-12-5-2-1-3-6-12/h1-8,13-14,16-17H,9-11H2,(H,19,20)/t13-,14+,16+,17+/m0/s1. The second-order valence-electron chi connectivity index (χ2n) is 5.99. The highest BCUT2D eigenvalue weighted by Gasteiger charge is 2.48. The molecule has 1 aromatic heterocycles. The van der Waals surface area contributed by atoms with E-state index in [4.69, 9.17) is 14.2 Å². The number of fused-ring (bicyclic) bond motifs is 1. The first kappa shape index (κ1) is 15.8. The van der Waals surface area contributed by atoms with Crippen molar-refractivity contribution in [3.05, 3.63) is 58.3 Å². The van der Waals surface area contributed by atoms with Gasteiger partial charge in [-0.05, 0) is 17.0 Å². The summed E-state index contributed by atoms with van der Waals surface area (Å²) in [6.07, 6.45) is -0.365. The Hall–Kier alpha value is -1.73. The summed E-state index contributed by atoms with van der Waals surface area (Å²) in [5.74, 6) is -0.0727. The van der Waals surface area contributed by atoms with Gasteiger partial charge >= 0.3 is 0 Å². The van der Waals surface area contributed by atoms with Crippen LogP contribution in [0, 0.1) is 0 Å². The van der Waals surface area contributed by atoms with Gasteiger partial charge in [-0.25, -0.2) is 0 Å². The fourth-order valence-electron chi connectivity index (χ4n) is 3.16. The number of hydrogen-bond donors (Lipinski definition) is 1. The van der Waals surface area contributed by atoms with Crippen molar-refractivity contribution >= 4 is 17.2 Å². The number of nitrogens with one attached hydrogen (secondary N) is 1. The molecule has 6 heteroatoms. The molecule has 1 amide bonds. The van der Waals surface area contributed by atoms with Crippen LogP contribution in [0.2, 0.25) is 0 Å². The summed E-state index contributed by atoms with van der Waals surface area (Å²) >= 11 is 1.43. The number of thiophene rings is 1. The number of benzene rings is 1. The van der Waals surface area contributed by atoms with Crippen molar-refractivity contribution in [3.8, 4) is 0 Å². The third-order valence-electron chi connectivity index (χ3n) is 4.38. The van der Waals surface area contributed by atoms with Gasteiger partial charge in [0.15, 0.2) is 0 Å². The van der Waals surface area contributed by atoms with Crippen LogP contribution in [0.4, 0.5) is 0 Å². The molecule has 2 saturated heterocycles. The van der Waals surface area contributed by atoms with Gasteiger partial charge in [0.2, 0.25) is 0 Å². The molecular formula is C18H19NO4S. The Bertz CT molecular complexity index is 676. The van der Waals surface area contributed by atoms with Crippen LogP contribution in [0.15, 0.2) is 47.8 Å². The van der Waals surface area contributed by atoms with Crippen LogP contribution in [0.3, 0.4) is 0 Å². The normalized spacial score (nSPS) is 28.7. The van der Waals surface area contributed by atoms with Gasteiger partial charge in [-0.3, -0.25) is 4.79 Å². The lowest BCUT2D eigenvalue weighted by Crippen LogP contribution is -2.44. The Morgan fingerprint density at radius 3 is 2.75 bits per heavy atom. The first-order valence-electron chi connectivity index (χ1n) is 8.04. The molecule has 126 valence electrons. The van der Waals surface area contributed by atoms with Crippen molar-refractivity contribution < 1.29 is 19.0 Å². The third-order valence-corrected chi connectivity index (χ3v) is 5.24. The molecule has 24 heavy (non-hydrogen) atoms. The summed E-state index contributed by atoms with van der Waals surface area (Å²) in [6, 6.07) is 13.6. The average Bonchev–Trinajstić information content (AvgIpc) is 3.33. The SMILES string of the molecule is O=C(N[C@H]1CO[C@H]2[C@@H]1OC[C@H]2OCc1ccccc1)c1cccs1. The van der Waals surface area contributed by atoms with Crippen LogP contribution < -0.4 is 5.32 Å². The van der Waals surface area contributed by atoms with E-state index in [1.54, 1.807) is 0 Å². The molecule has 2 fully saturated rings. The van der Waals surface area contributed by atoms with Gasteiger partial charge in [0.25, 0.3) is 5.91 Å². The second-order valence-corrected chi connectivity index (χ2v) is 6.94. The van der Waals surface area contributed by atoms with Crippen molar-refractivity contribution in [2.24, 2.45) is 0 Å². The van der Waals surface area contributed by atoms with Crippen molar-refractivity contribution in [2.45, 2.75) is 31.0 Å². The molecular weight excluding hydrogens is 326 g/mol. The number of hydrogen-bond acceptors (Lipinski definition) is 5. The van der Waals surface area contributed by atoms with Gasteiger partial charge in [-0.1, -0.05) is 36.4 Å². The topological polar surface area (TPSA) is 56.8 Å². The molecule has 4 rings (SSSR count). The molecule has 3 heterocycles. The summed E-state index contributed by atoms with van der Waals surface area (Å²) in [7, 11) is 0. The largest absolute Gasteiger partial charge is 0.370 e. The van der Waals surface area contributed by atoms with E-state index in [2.05, 4.69) is 5.32 Å². The lowest BCUT2D eigenvalue weighted by atomic mass is 10.1. The number of carbonyl (C=O) groups excluding carboxylic acids is 1. The summed E-state index contributed by atoms with van der Waals surface area (Å²) < 4.78 is 17.7. The van der Waals surface area contributed by atoms with E-state index in [-0.39, 0.29) is 30.3 Å². The molecule has 2 aromatic rings. The highest BCUT2D eigenvalue weighted by atomic mass is 32.1. The molecule has 0 bridgehead atoms. The van der Waals surface area contributed by atoms with Gasteiger partial charge in [-0.15, -0.1) is 11.3 Å². The molecule has 0 radical (unpaired) electrons. The van der Waals surface area contributed by atoms with E-state index in [1.165, 1.54) is 11.3 Å². The van der Waals surface area contributed by atoms with Crippen molar-refractivity contribution in [3.63, 3.8) is 0 Å². The summed E-state index contributed by atoms with van der Waals surface area (Å²) in [5, 5.41) is 4.90. The Balaban J connectivity index is 1.33. The quantitative estimate of drug-likeness (QED) is 0.903. The van der Waals surface area contributed by atoms with E-state index in [9.17, 15) is 4.79 Å². The summed E-state index contributed by atoms with van der Waals surface area (Å²) in [5.41, 5.74) is 1.13. The van der Waals surface area contributed by atoms with Crippen molar-refractivity contribution in [1.82, 2.24) is 5.32 Å². The number of amides is 1. The minimum atomic E-state index is -0.144. The molecule has 1 N–H and O–H groups in total. The maximum Gasteiger partial charge on any atom is 0.261 e. The minimum absolute atomic E-state index is 0.0727. The van der Waals surface area contributed by atoms with E-state index in [1.807, 2.05) is 47.8 Å². The lowest BCUT2D eigenvalue weighted by Gasteiger charge is -2.17. The van der Waals surface area contributed by atoms with Crippen molar-refractivity contribution in [2.75, 3.05) is 13.2 Å². The van der Waals surface area contributed by atoms with Crippen LogP contribution in [-0.4, -0.2) is 43.5 Å². The summed E-state index contributed by atoms with van der Waals surface area (Å²) in [6.45, 7) is 1.48. The molecule has 0 saturated carbocycles. The van der Waals surface area contributed by atoms with Crippen LogP contribution in [0.25, 0.3) is 0 Å². The highest BCUT2D eigenvalue weighted by molar-refractivity contribution is 7.12. The third kappa shape index (κ3) is 3.23. The van der Waals surface area contributed by atoms with Gasteiger partial charge < -0.3 is 19.5 Å². The molecule has 0 unspecified atom stereocenters. The second kappa shape index (κ2) is 7.03. The van der Waals surface area contributed by atoms with Gasteiger partial charge in [0.05, 0.1) is 30.7 Å². The lowest BCUT2D eigenvalue weighted by molar-refractivity contribution is -0.0392. The van der Waals surface area contributed by atoms with Gasteiger partial charge in [0, 0.05) is 0 Å². The number of ether oxygens (including phenoxy) is 3. The maximum atomic E-state index is 12.2. The Kier molecular flexibility index (Phi) is 4.62. The fraction of sp³-hybridized carbons (Fsp3) is 0.389. The maximum absolute atomic E-state index is 12.2. The monoisotopic (exact) mass is 345 g/mol. The highest BCUT2D eigenvalue weighted by Crippen LogP contribution is 2.29. The predicted molar refractivity (Wildman–Crippen MR) is 90.1 cm³/mol. The molecule has 4 atom stereocenters. The molecule has 0 aliphatic carbocycles. The average molecular weight is 345 g/mol. The molecule has 1 aromatic carbocycles. The zero-order valence-corrected chi connectivity index (χ0v) is 13.9. The van der Waals surface area contributed by atoms with Crippen LogP contribution >= 0.6 is 11.3 Å². The van der Waals surface area contributed by atoms with Crippen LogP contribution in [-0.2, 0) is 20.8 Å². The number of carbonyl (C=O) groups is 1. The first-order valence-corrected chi connectivity index (χ1v) is 8.92. The molecule has 5 nitrogen and oxygen atoms in total. The van der Waals surface area contributed by atoms with Gasteiger partial charge in [0.1, 0.15) is 18.3 Å². The smallest absolute Gasteiger partial charge is 0.261 e. The molecule has 0 spiro atoms. The Morgan fingerprint density at radius 1 is 1.12 bits per heavy atom. The van der Waals surface area contributed by atoms with E-state index in [0.29, 0.717) is 24.7 Å². The van der Waals surface area contributed by atoms with E-state index < -0.39 is 0 Å². The Labute approximate surface area is 144 Å². The number of rotatable bonds is 5. The zero-order valence-electron chi connectivity index (χ0n) is 13.1. The minimum Gasteiger partial charge on any atom is -0.370 e. The van der Waals surface area contributed by atoms with E-state index >= 15 is 0 Å². The summed E-state index contributed by atoms with van der Waals surface area (Å²) in [4.78, 5) is 12.9. The van der Waals surface area contributed by atoms with E-state index in [0.717, 1.165) is 5.56 Å². The Morgan fingerprint density at radius 2 is 1.96 bits per heavy atom. The van der Waals surface area contributed by atoms with Crippen molar-refractivity contribution in [1.29, 1.82) is 0 Å². The fourth-order valence-corrected chi connectivity index (χ4v) is 3.78. The first-order chi connectivity index (χ1) is 11.8. The molecule has 2 aliphatic rings. The van der Waals surface area contributed by atoms with Crippen LogP contribution in [0.5, 0.6) is 0 Å². The van der Waals surface area contributed by atoms with Crippen LogP contribution in [0.1, 0.15) is 15.2 Å².